The summed E-state index contributed by atoms with van der Waals surface area (Å²) >= 11 is 1.62. The first-order valence-electron chi connectivity index (χ1n) is 8.65. The highest BCUT2D eigenvalue weighted by molar-refractivity contribution is 7.13. The molecule has 8 nitrogen and oxygen atoms in total. The zero-order chi connectivity index (χ0) is 18.6. The van der Waals surface area contributed by atoms with Crippen molar-refractivity contribution in [1.82, 2.24) is 20.0 Å². The number of amides is 1. The Morgan fingerprint density at radius 2 is 2.00 bits per heavy atom. The topological polar surface area (TPSA) is 84.6 Å². The Balaban J connectivity index is 1.31. The van der Waals surface area contributed by atoms with Crippen LogP contribution in [0.5, 0.6) is 5.75 Å². The molecular formula is C18H19N5O3S. The van der Waals surface area contributed by atoms with Gasteiger partial charge in [-0.15, -0.1) is 11.3 Å². The van der Waals surface area contributed by atoms with Crippen LogP contribution in [0.3, 0.4) is 0 Å². The van der Waals surface area contributed by atoms with Crippen LogP contribution in [0, 0.1) is 6.92 Å². The predicted octanol–water partition coefficient (Wildman–Crippen LogP) is 2.38. The van der Waals surface area contributed by atoms with Crippen molar-refractivity contribution in [2.75, 3.05) is 31.1 Å². The van der Waals surface area contributed by atoms with Gasteiger partial charge in [0.25, 0.3) is 5.91 Å². The van der Waals surface area contributed by atoms with Gasteiger partial charge in [-0.2, -0.15) is 4.98 Å². The number of rotatable bonds is 5. The van der Waals surface area contributed by atoms with Gasteiger partial charge in [-0.05, 0) is 24.3 Å². The van der Waals surface area contributed by atoms with Gasteiger partial charge in [0.2, 0.25) is 11.7 Å². The number of aromatic nitrogens is 3. The fourth-order valence-electron chi connectivity index (χ4n) is 2.90. The monoisotopic (exact) mass is 385 g/mol. The Hall–Kier alpha value is -2.94. The van der Waals surface area contributed by atoms with Gasteiger partial charge in [-0.3, -0.25) is 4.79 Å². The second-order valence-corrected chi connectivity index (χ2v) is 7.01. The average Bonchev–Trinajstić information content (AvgIpc) is 3.38. The Morgan fingerprint density at radius 3 is 2.63 bits per heavy atom. The molecule has 4 rings (SSSR count). The Bertz CT molecular complexity index is 886. The molecule has 0 bridgehead atoms. The first-order chi connectivity index (χ1) is 13.2. The zero-order valence-corrected chi connectivity index (χ0v) is 15.7. The van der Waals surface area contributed by atoms with E-state index in [1.807, 2.05) is 10.3 Å². The number of nitrogens with zero attached hydrogens (tertiary/aromatic N) is 5. The van der Waals surface area contributed by atoms with E-state index in [4.69, 9.17) is 9.26 Å². The average molecular weight is 385 g/mol. The van der Waals surface area contributed by atoms with Crippen molar-refractivity contribution in [2.24, 2.45) is 0 Å². The molecule has 2 aromatic heterocycles. The van der Waals surface area contributed by atoms with Gasteiger partial charge in [-0.25, -0.2) is 4.98 Å². The largest absolute Gasteiger partial charge is 0.485 e. The molecule has 1 saturated heterocycles. The van der Waals surface area contributed by atoms with Crippen molar-refractivity contribution in [2.45, 2.75) is 13.5 Å². The van der Waals surface area contributed by atoms with E-state index in [1.54, 1.807) is 48.7 Å². The van der Waals surface area contributed by atoms with Gasteiger partial charge in [0.15, 0.2) is 11.7 Å². The Kier molecular flexibility index (Phi) is 5.01. The summed E-state index contributed by atoms with van der Waals surface area (Å²) in [6.45, 7) is 4.92. The fraction of sp³-hybridized carbons (Fsp3) is 0.333. The molecule has 0 radical (unpaired) electrons. The highest BCUT2D eigenvalue weighted by Crippen LogP contribution is 2.20. The number of ether oxygens (including phenoxy) is 1. The highest BCUT2D eigenvalue weighted by Gasteiger charge is 2.23. The third kappa shape index (κ3) is 4.08. The van der Waals surface area contributed by atoms with Crippen LogP contribution < -0.4 is 9.64 Å². The molecule has 1 aliphatic heterocycles. The van der Waals surface area contributed by atoms with Crippen LogP contribution in [0.1, 0.15) is 22.1 Å². The molecule has 1 aromatic carbocycles. The standard InChI is InChI=1S/C18H19N5O3S/c1-13-20-16(21-26-13)12-25-15-4-2-14(3-5-15)17(24)22-7-9-23(10-8-22)18-19-6-11-27-18/h2-6,11H,7-10,12H2,1H3. The molecule has 0 N–H and O–H groups in total. The fourth-order valence-corrected chi connectivity index (χ4v) is 3.59. The molecule has 140 valence electrons. The lowest BCUT2D eigenvalue weighted by Crippen LogP contribution is -2.48. The van der Waals surface area contributed by atoms with Crippen molar-refractivity contribution in [3.63, 3.8) is 0 Å². The van der Waals surface area contributed by atoms with Gasteiger partial charge < -0.3 is 19.1 Å². The number of thiazole rings is 1. The summed E-state index contributed by atoms with van der Waals surface area (Å²) in [5, 5.41) is 6.77. The number of carbonyl (C=O) groups is 1. The molecule has 0 atom stereocenters. The summed E-state index contributed by atoms with van der Waals surface area (Å²) < 4.78 is 10.5. The number of anilines is 1. The Morgan fingerprint density at radius 1 is 1.22 bits per heavy atom. The summed E-state index contributed by atoms with van der Waals surface area (Å²) in [7, 11) is 0. The minimum atomic E-state index is 0.0362. The van der Waals surface area contributed by atoms with Crippen LogP contribution in [0.25, 0.3) is 0 Å². The number of hydrogen-bond acceptors (Lipinski definition) is 8. The van der Waals surface area contributed by atoms with Gasteiger partial charge in [-0.1, -0.05) is 5.16 Å². The van der Waals surface area contributed by atoms with Gasteiger partial charge >= 0.3 is 0 Å². The second kappa shape index (κ2) is 7.75. The summed E-state index contributed by atoms with van der Waals surface area (Å²) in [5.74, 6) is 1.69. The van der Waals surface area contributed by atoms with Gasteiger partial charge in [0.1, 0.15) is 5.75 Å². The van der Waals surface area contributed by atoms with Crippen molar-refractivity contribution in [3.05, 3.63) is 53.1 Å². The van der Waals surface area contributed by atoms with Crippen molar-refractivity contribution in [1.29, 1.82) is 0 Å². The van der Waals surface area contributed by atoms with Gasteiger partial charge in [0.05, 0.1) is 0 Å². The van der Waals surface area contributed by atoms with Gasteiger partial charge in [0, 0.05) is 50.2 Å². The number of benzene rings is 1. The van der Waals surface area contributed by atoms with Crippen molar-refractivity contribution < 1.29 is 14.1 Å². The molecule has 1 amide bonds. The van der Waals surface area contributed by atoms with E-state index in [1.165, 1.54) is 0 Å². The quantitative estimate of drug-likeness (QED) is 0.667. The van der Waals surface area contributed by atoms with E-state index < -0.39 is 0 Å². The second-order valence-electron chi connectivity index (χ2n) is 6.14. The van der Waals surface area contributed by atoms with Crippen LogP contribution in [-0.2, 0) is 6.61 Å². The maximum atomic E-state index is 12.7. The van der Waals surface area contributed by atoms with Crippen LogP contribution in [0.2, 0.25) is 0 Å². The molecule has 1 fully saturated rings. The zero-order valence-electron chi connectivity index (χ0n) is 14.9. The number of piperazine rings is 1. The van der Waals surface area contributed by atoms with Crippen LogP contribution in [-0.4, -0.2) is 52.1 Å². The molecule has 0 spiro atoms. The first kappa shape index (κ1) is 17.5. The van der Waals surface area contributed by atoms with E-state index in [0.717, 1.165) is 18.2 Å². The third-order valence-corrected chi connectivity index (χ3v) is 5.13. The molecule has 9 heteroatoms. The third-order valence-electron chi connectivity index (χ3n) is 4.30. The predicted molar refractivity (Wildman–Crippen MR) is 100 cm³/mol. The maximum absolute atomic E-state index is 12.7. The lowest BCUT2D eigenvalue weighted by molar-refractivity contribution is 0.0746. The molecule has 1 aliphatic rings. The summed E-state index contributed by atoms with van der Waals surface area (Å²) in [5.41, 5.74) is 0.653. The maximum Gasteiger partial charge on any atom is 0.253 e. The lowest BCUT2D eigenvalue weighted by atomic mass is 10.1. The van der Waals surface area contributed by atoms with Crippen LogP contribution >= 0.6 is 11.3 Å². The summed E-state index contributed by atoms with van der Waals surface area (Å²) in [6.07, 6.45) is 1.81. The SMILES string of the molecule is Cc1nc(COc2ccc(C(=O)N3CCN(c4nccs4)CC3)cc2)no1. The first-order valence-corrected chi connectivity index (χ1v) is 9.53. The minimum absolute atomic E-state index is 0.0362. The Labute approximate surface area is 160 Å². The molecule has 3 aromatic rings. The molecule has 0 unspecified atom stereocenters. The minimum Gasteiger partial charge on any atom is -0.485 e. The molecule has 27 heavy (non-hydrogen) atoms. The number of carbonyl (C=O) groups excluding carboxylic acids is 1. The van der Waals surface area contributed by atoms with E-state index >= 15 is 0 Å². The summed E-state index contributed by atoms with van der Waals surface area (Å²) in [6, 6.07) is 7.14. The molecule has 3 heterocycles. The molecular weight excluding hydrogens is 366 g/mol. The van der Waals surface area contributed by atoms with Crippen LogP contribution in [0.15, 0.2) is 40.4 Å². The highest BCUT2D eigenvalue weighted by atomic mass is 32.1. The normalized spacial score (nSPS) is 14.4. The lowest BCUT2D eigenvalue weighted by Gasteiger charge is -2.34. The molecule has 0 saturated carbocycles. The van der Waals surface area contributed by atoms with E-state index in [2.05, 4.69) is 20.0 Å². The van der Waals surface area contributed by atoms with E-state index in [0.29, 0.717) is 36.1 Å². The summed E-state index contributed by atoms with van der Waals surface area (Å²) in [4.78, 5) is 25.2. The van der Waals surface area contributed by atoms with E-state index in [-0.39, 0.29) is 12.5 Å². The number of aryl methyl sites for hydroxylation is 1. The number of hydrogen-bond donors (Lipinski definition) is 0. The smallest absolute Gasteiger partial charge is 0.253 e. The molecule has 0 aliphatic carbocycles. The van der Waals surface area contributed by atoms with Crippen molar-refractivity contribution in [3.8, 4) is 5.75 Å². The van der Waals surface area contributed by atoms with E-state index in [9.17, 15) is 4.79 Å². The van der Waals surface area contributed by atoms with Crippen molar-refractivity contribution >= 4 is 22.4 Å². The van der Waals surface area contributed by atoms with Crippen LogP contribution in [0.4, 0.5) is 5.13 Å².